The largest absolute Gasteiger partial charge is 0.192 e. The van der Waals surface area contributed by atoms with E-state index in [0.29, 0.717) is 5.56 Å². The molecule has 0 atom stereocenters. The molecule has 0 aromatic heterocycles. The van der Waals surface area contributed by atoms with Crippen LogP contribution in [0.25, 0.3) is 0 Å². The number of hydrogen-bond donors (Lipinski definition) is 0. The van der Waals surface area contributed by atoms with Gasteiger partial charge in [-0.3, -0.25) is 0 Å². The van der Waals surface area contributed by atoms with E-state index in [-0.39, 0.29) is 0 Å². The number of aryl methyl sites for hydroxylation is 1. The molecule has 1 heteroatoms. The Bertz CT molecular complexity index is 371. The summed E-state index contributed by atoms with van der Waals surface area (Å²) in [7, 11) is 0. The molecule has 1 aromatic carbocycles. The van der Waals surface area contributed by atoms with Crippen molar-refractivity contribution in [2.45, 2.75) is 20.3 Å². The van der Waals surface area contributed by atoms with Crippen LogP contribution in [0, 0.1) is 17.2 Å². The van der Waals surface area contributed by atoms with Gasteiger partial charge in [-0.1, -0.05) is 26.0 Å². The van der Waals surface area contributed by atoms with E-state index in [1.807, 2.05) is 31.2 Å². The van der Waals surface area contributed by atoms with E-state index >= 15 is 0 Å². The Balaban J connectivity index is 3.22. The Hall–Kier alpha value is -1.55. The number of rotatable bonds is 3. The molecular weight excluding hydrogens is 170 g/mol. The third-order valence-corrected chi connectivity index (χ3v) is 2.35. The van der Waals surface area contributed by atoms with Crippen molar-refractivity contribution in [3.8, 4) is 6.07 Å². The monoisotopic (exact) mass is 184 g/mol. The predicted molar refractivity (Wildman–Crippen MR) is 58.8 cm³/mol. The lowest BCUT2D eigenvalue weighted by Gasteiger charge is -2.11. The van der Waals surface area contributed by atoms with Crippen molar-refractivity contribution in [2.75, 3.05) is 0 Å². The number of hydrogen-bond acceptors (Lipinski definition) is 1. The average Bonchev–Trinajstić information content (AvgIpc) is 2.27. The molecule has 1 rings (SSSR count). The molecule has 0 amide bonds. The van der Waals surface area contributed by atoms with Crippen LogP contribution in [-0.2, 0) is 6.42 Å². The van der Waals surface area contributed by atoms with Crippen LogP contribution in [0.4, 0.5) is 0 Å². The third kappa shape index (κ3) is 2.03. The fourth-order valence-electron chi connectivity index (χ4n) is 1.43. The van der Waals surface area contributed by atoms with Crippen molar-refractivity contribution in [1.82, 2.24) is 0 Å². The molecule has 0 aliphatic rings. The lowest BCUT2D eigenvalue weighted by atomic mass is 9.93. The zero-order chi connectivity index (χ0) is 10.6. The quantitative estimate of drug-likeness (QED) is 0.707. The second-order valence-electron chi connectivity index (χ2n) is 3.22. The van der Waals surface area contributed by atoms with Gasteiger partial charge in [-0.05, 0) is 29.7 Å². The third-order valence-electron chi connectivity index (χ3n) is 2.35. The molecule has 0 saturated heterocycles. The molecule has 71 valence electrons. The van der Waals surface area contributed by atoms with Crippen LogP contribution >= 0.6 is 0 Å². The number of allylic oxidation sites excluding steroid dienone is 1. The highest BCUT2D eigenvalue weighted by Gasteiger charge is 2.07. The maximum atomic E-state index is 8.80. The molecule has 1 aromatic rings. The normalized spacial score (nSPS) is 9.86. The topological polar surface area (TPSA) is 23.8 Å². The smallest absolute Gasteiger partial charge is 0.0991 e. The van der Waals surface area contributed by atoms with Gasteiger partial charge in [0.25, 0.3) is 0 Å². The van der Waals surface area contributed by atoms with Crippen LogP contribution in [0.15, 0.2) is 30.9 Å². The van der Waals surface area contributed by atoms with Crippen LogP contribution < -0.4 is 0 Å². The molecule has 0 saturated carbocycles. The van der Waals surface area contributed by atoms with Gasteiger partial charge in [0.15, 0.2) is 0 Å². The summed E-state index contributed by atoms with van der Waals surface area (Å²) in [6.07, 6.45) is 2.81. The minimum Gasteiger partial charge on any atom is -0.192 e. The van der Waals surface area contributed by atoms with E-state index in [9.17, 15) is 0 Å². The van der Waals surface area contributed by atoms with Gasteiger partial charge in [-0.2, -0.15) is 5.26 Å². The maximum Gasteiger partial charge on any atom is 0.0991 e. The second-order valence-corrected chi connectivity index (χ2v) is 3.22. The van der Waals surface area contributed by atoms with E-state index in [0.717, 1.165) is 17.9 Å². The van der Waals surface area contributed by atoms with E-state index in [1.165, 1.54) is 5.56 Å². The Morgan fingerprint density at radius 2 is 2.29 bits per heavy atom. The Kier molecular flexibility index (Phi) is 3.48. The fraction of sp³-hybridized carbons (Fsp3) is 0.231. The van der Waals surface area contributed by atoms with Gasteiger partial charge in [-0.25, -0.2) is 0 Å². The summed E-state index contributed by atoms with van der Waals surface area (Å²) >= 11 is 0. The molecule has 0 spiro atoms. The fourth-order valence-corrected chi connectivity index (χ4v) is 1.43. The first-order valence-electron chi connectivity index (χ1n) is 4.72. The summed E-state index contributed by atoms with van der Waals surface area (Å²) in [5, 5.41) is 8.80. The van der Waals surface area contributed by atoms with Crippen molar-refractivity contribution in [3.05, 3.63) is 53.5 Å². The summed E-state index contributed by atoms with van der Waals surface area (Å²) in [4.78, 5) is 0. The van der Waals surface area contributed by atoms with Crippen molar-refractivity contribution in [2.24, 2.45) is 0 Å². The molecule has 14 heavy (non-hydrogen) atoms. The van der Waals surface area contributed by atoms with E-state index in [1.54, 1.807) is 0 Å². The van der Waals surface area contributed by atoms with Gasteiger partial charge in [0, 0.05) is 5.92 Å². The molecule has 0 unspecified atom stereocenters. The van der Waals surface area contributed by atoms with E-state index in [2.05, 4.69) is 19.6 Å². The molecule has 1 radical (unpaired) electrons. The van der Waals surface area contributed by atoms with E-state index in [4.69, 9.17) is 5.26 Å². The predicted octanol–water partition coefficient (Wildman–Crippen LogP) is 3.25. The van der Waals surface area contributed by atoms with Crippen LogP contribution in [-0.4, -0.2) is 0 Å². The first kappa shape index (κ1) is 10.5. The summed E-state index contributed by atoms with van der Waals surface area (Å²) in [5.41, 5.74) is 3.11. The average molecular weight is 184 g/mol. The van der Waals surface area contributed by atoms with Crippen molar-refractivity contribution >= 4 is 0 Å². The molecule has 0 heterocycles. The number of nitriles is 1. The first-order chi connectivity index (χ1) is 6.72. The van der Waals surface area contributed by atoms with Crippen molar-refractivity contribution in [1.29, 1.82) is 5.26 Å². The lowest BCUT2D eigenvalue weighted by Crippen LogP contribution is -1.97. The molecule has 0 aliphatic carbocycles. The summed E-state index contributed by atoms with van der Waals surface area (Å²) in [6.45, 7) is 7.88. The van der Waals surface area contributed by atoms with Gasteiger partial charge < -0.3 is 0 Å². The highest BCUT2D eigenvalue weighted by atomic mass is 14.2. The van der Waals surface area contributed by atoms with Crippen LogP contribution in [0.2, 0.25) is 0 Å². The Morgan fingerprint density at radius 1 is 1.57 bits per heavy atom. The summed E-state index contributed by atoms with van der Waals surface area (Å²) in [5.74, 6) is 1.12. The van der Waals surface area contributed by atoms with Crippen LogP contribution in [0.5, 0.6) is 0 Å². The highest BCUT2D eigenvalue weighted by Crippen LogP contribution is 2.21. The van der Waals surface area contributed by atoms with Crippen molar-refractivity contribution in [3.63, 3.8) is 0 Å². The SMILES string of the molecule is C=C[C](C)c1cc(C#N)ccc1CC. The minimum absolute atomic E-state index is 0.707. The van der Waals surface area contributed by atoms with Crippen LogP contribution in [0.1, 0.15) is 30.5 Å². The molecule has 0 bridgehead atoms. The zero-order valence-corrected chi connectivity index (χ0v) is 8.67. The highest BCUT2D eigenvalue weighted by molar-refractivity contribution is 5.47. The van der Waals surface area contributed by atoms with Crippen LogP contribution in [0.3, 0.4) is 0 Å². The number of benzene rings is 1. The van der Waals surface area contributed by atoms with Gasteiger partial charge in [0.05, 0.1) is 11.6 Å². The minimum atomic E-state index is 0.707. The second kappa shape index (κ2) is 4.62. The van der Waals surface area contributed by atoms with Gasteiger partial charge in [0.1, 0.15) is 0 Å². The first-order valence-corrected chi connectivity index (χ1v) is 4.72. The van der Waals surface area contributed by atoms with Crippen molar-refractivity contribution < 1.29 is 0 Å². The van der Waals surface area contributed by atoms with Gasteiger partial charge >= 0.3 is 0 Å². The molecule has 0 N–H and O–H groups in total. The number of nitrogens with zero attached hydrogens (tertiary/aromatic N) is 1. The van der Waals surface area contributed by atoms with Gasteiger partial charge in [0.2, 0.25) is 0 Å². The van der Waals surface area contributed by atoms with Gasteiger partial charge in [-0.15, -0.1) is 6.58 Å². The standard InChI is InChI=1S/C13H14N/c1-4-10(3)13-8-11(9-14)6-7-12(13)5-2/h4,6-8H,1,5H2,2-3H3. The summed E-state index contributed by atoms with van der Waals surface area (Å²) < 4.78 is 0. The molecule has 1 nitrogen and oxygen atoms in total. The molecular formula is C13H14N. The summed E-state index contributed by atoms with van der Waals surface area (Å²) in [6, 6.07) is 7.95. The maximum absolute atomic E-state index is 8.80. The Morgan fingerprint density at radius 3 is 2.79 bits per heavy atom. The zero-order valence-electron chi connectivity index (χ0n) is 8.67. The molecule has 0 fully saturated rings. The van der Waals surface area contributed by atoms with E-state index < -0.39 is 0 Å². The molecule has 0 aliphatic heterocycles. The lowest BCUT2D eigenvalue weighted by molar-refractivity contribution is 1.08. The Labute approximate surface area is 85.7 Å².